The summed E-state index contributed by atoms with van der Waals surface area (Å²) in [5.74, 6) is 0.352. The van der Waals surface area contributed by atoms with Crippen LogP contribution in [-0.4, -0.2) is 28.7 Å². The molecule has 1 heterocycles. The minimum Gasteiger partial charge on any atom is -0.361 e. The summed E-state index contributed by atoms with van der Waals surface area (Å²) in [7, 11) is 0. The van der Waals surface area contributed by atoms with Gasteiger partial charge in [0.15, 0.2) is 17.3 Å². The van der Waals surface area contributed by atoms with Crippen LogP contribution in [0.2, 0.25) is 0 Å². The van der Waals surface area contributed by atoms with Gasteiger partial charge in [-0.3, -0.25) is 9.36 Å². The predicted octanol–water partition coefficient (Wildman–Crippen LogP) is 1.80. The highest BCUT2D eigenvalue weighted by Crippen LogP contribution is 2.17. The van der Waals surface area contributed by atoms with Gasteiger partial charge in [0.1, 0.15) is 6.73 Å². The van der Waals surface area contributed by atoms with E-state index in [0.29, 0.717) is 24.8 Å². The van der Waals surface area contributed by atoms with E-state index in [1.807, 2.05) is 6.92 Å². The number of hydrogen-bond donors (Lipinski definition) is 0. The fourth-order valence-electron chi connectivity index (χ4n) is 1.19. The highest BCUT2D eigenvalue weighted by atomic mass is 16.5. The lowest BCUT2D eigenvalue weighted by Gasteiger charge is -2.05. The smallest absolute Gasteiger partial charge is 0.181 e. The van der Waals surface area contributed by atoms with Gasteiger partial charge in [-0.25, -0.2) is 9.98 Å². The first-order valence-corrected chi connectivity index (χ1v) is 4.81. The first-order chi connectivity index (χ1) is 7.20. The number of rotatable bonds is 6. The maximum absolute atomic E-state index is 11.2. The van der Waals surface area contributed by atoms with Crippen molar-refractivity contribution in [3.63, 3.8) is 0 Å². The summed E-state index contributed by atoms with van der Waals surface area (Å²) in [5, 5.41) is 0. The first-order valence-electron chi connectivity index (χ1n) is 4.81. The number of ketones is 1. The normalized spacial score (nSPS) is 10.3. The molecule has 0 saturated carbocycles. The molecule has 0 atom stereocenters. The SMILES string of the molecule is C=Nc1c(C(C)=O)ncn1COCCC. The van der Waals surface area contributed by atoms with Crippen LogP contribution in [0.1, 0.15) is 30.8 Å². The van der Waals surface area contributed by atoms with Crippen LogP contribution in [0.25, 0.3) is 0 Å². The van der Waals surface area contributed by atoms with Gasteiger partial charge in [0, 0.05) is 13.5 Å². The van der Waals surface area contributed by atoms with Crippen LogP contribution in [0, 0.1) is 0 Å². The van der Waals surface area contributed by atoms with Crippen LogP contribution in [0.15, 0.2) is 11.3 Å². The third-order valence-corrected chi connectivity index (χ3v) is 1.87. The van der Waals surface area contributed by atoms with Crippen LogP contribution in [0.5, 0.6) is 0 Å². The molecule has 5 heteroatoms. The molecule has 1 aromatic heterocycles. The molecule has 1 rings (SSSR count). The molecule has 0 aliphatic rings. The molecular weight excluding hydrogens is 194 g/mol. The Bertz CT molecular complexity index is 358. The van der Waals surface area contributed by atoms with Crippen molar-refractivity contribution in [1.82, 2.24) is 9.55 Å². The summed E-state index contributed by atoms with van der Waals surface area (Å²) in [6, 6.07) is 0. The molecule has 0 amide bonds. The van der Waals surface area contributed by atoms with Crippen molar-refractivity contribution in [2.45, 2.75) is 27.0 Å². The van der Waals surface area contributed by atoms with Crippen molar-refractivity contribution in [2.75, 3.05) is 6.61 Å². The number of aliphatic imine (C=N–C) groups is 1. The minimum atomic E-state index is -0.119. The molecule has 0 spiro atoms. The van der Waals surface area contributed by atoms with E-state index < -0.39 is 0 Å². The van der Waals surface area contributed by atoms with Gasteiger partial charge in [-0.05, 0) is 13.1 Å². The predicted molar refractivity (Wildman–Crippen MR) is 57.7 cm³/mol. The van der Waals surface area contributed by atoms with Crippen LogP contribution in [0.4, 0.5) is 5.82 Å². The first kappa shape index (κ1) is 11.6. The molecule has 0 unspecified atom stereocenters. The monoisotopic (exact) mass is 209 g/mol. The zero-order chi connectivity index (χ0) is 11.3. The lowest BCUT2D eigenvalue weighted by atomic mass is 10.3. The van der Waals surface area contributed by atoms with E-state index in [-0.39, 0.29) is 5.78 Å². The highest BCUT2D eigenvalue weighted by Gasteiger charge is 2.12. The van der Waals surface area contributed by atoms with Crippen LogP contribution in [0.3, 0.4) is 0 Å². The summed E-state index contributed by atoms with van der Waals surface area (Å²) in [4.78, 5) is 18.9. The molecule has 15 heavy (non-hydrogen) atoms. The molecule has 0 saturated heterocycles. The lowest BCUT2D eigenvalue weighted by Crippen LogP contribution is -2.02. The van der Waals surface area contributed by atoms with E-state index in [2.05, 4.69) is 16.7 Å². The van der Waals surface area contributed by atoms with Gasteiger partial charge in [-0.1, -0.05) is 6.92 Å². The van der Waals surface area contributed by atoms with Crippen molar-refractivity contribution in [2.24, 2.45) is 4.99 Å². The molecule has 5 nitrogen and oxygen atoms in total. The van der Waals surface area contributed by atoms with Crippen molar-refractivity contribution in [1.29, 1.82) is 0 Å². The van der Waals surface area contributed by atoms with Gasteiger partial charge in [0.05, 0.1) is 6.33 Å². The van der Waals surface area contributed by atoms with E-state index in [9.17, 15) is 4.79 Å². The zero-order valence-electron chi connectivity index (χ0n) is 9.06. The standard InChI is InChI=1S/C10H15N3O2/c1-4-5-15-7-13-6-12-9(8(2)14)10(13)11-3/h6H,3-5,7H2,1-2H3. The Morgan fingerprint density at radius 1 is 1.73 bits per heavy atom. The van der Waals surface area contributed by atoms with Gasteiger partial charge in [0.25, 0.3) is 0 Å². The Kier molecular flexibility index (Phi) is 4.17. The molecule has 0 fully saturated rings. The second-order valence-electron chi connectivity index (χ2n) is 3.14. The minimum absolute atomic E-state index is 0.119. The Morgan fingerprint density at radius 3 is 3.00 bits per heavy atom. The molecule has 1 aromatic rings. The number of imidazole rings is 1. The molecule has 0 bridgehead atoms. The van der Waals surface area contributed by atoms with E-state index in [4.69, 9.17) is 4.74 Å². The van der Waals surface area contributed by atoms with Crippen molar-refractivity contribution in [3.8, 4) is 0 Å². The summed E-state index contributed by atoms with van der Waals surface area (Å²) in [6.07, 6.45) is 2.49. The largest absolute Gasteiger partial charge is 0.361 e. The number of nitrogens with zero attached hydrogens (tertiary/aromatic N) is 3. The highest BCUT2D eigenvalue weighted by molar-refractivity contribution is 5.96. The van der Waals surface area contributed by atoms with Gasteiger partial charge in [-0.15, -0.1) is 0 Å². The van der Waals surface area contributed by atoms with Crippen molar-refractivity contribution >= 4 is 18.3 Å². The molecule has 0 aliphatic heterocycles. The maximum atomic E-state index is 11.2. The van der Waals surface area contributed by atoms with E-state index >= 15 is 0 Å². The van der Waals surface area contributed by atoms with E-state index in [0.717, 1.165) is 6.42 Å². The van der Waals surface area contributed by atoms with Crippen LogP contribution < -0.4 is 0 Å². The Morgan fingerprint density at radius 2 is 2.47 bits per heavy atom. The Balaban J connectivity index is 2.80. The van der Waals surface area contributed by atoms with Crippen molar-refractivity contribution in [3.05, 3.63) is 12.0 Å². The topological polar surface area (TPSA) is 56.5 Å². The molecule has 0 N–H and O–H groups in total. The van der Waals surface area contributed by atoms with Gasteiger partial charge < -0.3 is 4.74 Å². The number of carbonyl (C=O) groups excluding carboxylic acids is 1. The van der Waals surface area contributed by atoms with E-state index in [1.165, 1.54) is 13.3 Å². The second-order valence-corrected chi connectivity index (χ2v) is 3.14. The third kappa shape index (κ3) is 2.73. The average molecular weight is 209 g/mol. The maximum Gasteiger partial charge on any atom is 0.181 e. The number of hydrogen-bond acceptors (Lipinski definition) is 4. The average Bonchev–Trinajstić information content (AvgIpc) is 2.61. The molecule has 0 aliphatic carbocycles. The van der Waals surface area contributed by atoms with Gasteiger partial charge >= 0.3 is 0 Å². The Hall–Kier alpha value is -1.49. The summed E-state index contributed by atoms with van der Waals surface area (Å²) in [6.45, 7) is 7.92. The number of carbonyl (C=O) groups is 1. The molecule has 82 valence electrons. The fourth-order valence-corrected chi connectivity index (χ4v) is 1.19. The summed E-state index contributed by atoms with van der Waals surface area (Å²) < 4.78 is 6.99. The number of aromatic nitrogens is 2. The van der Waals surface area contributed by atoms with Crippen LogP contribution >= 0.6 is 0 Å². The fraction of sp³-hybridized carbons (Fsp3) is 0.500. The summed E-state index contributed by atoms with van der Waals surface area (Å²) >= 11 is 0. The lowest BCUT2D eigenvalue weighted by molar-refractivity contribution is 0.0784. The van der Waals surface area contributed by atoms with E-state index in [1.54, 1.807) is 4.57 Å². The number of Topliss-reactive ketones (excluding diaryl/α,β-unsaturated/α-hetero) is 1. The summed E-state index contributed by atoms with van der Waals surface area (Å²) in [5.41, 5.74) is 0.338. The molecule has 0 radical (unpaired) electrons. The Labute approximate surface area is 88.8 Å². The van der Waals surface area contributed by atoms with Crippen LogP contribution in [-0.2, 0) is 11.5 Å². The zero-order valence-corrected chi connectivity index (χ0v) is 9.06. The van der Waals surface area contributed by atoms with Crippen molar-refractivity contribution < 1.29 is 9.53 Å². The number of ether oxygens (including phenoxy) is 1. The second kappa shape index (κ2) is 5.41. The van der Waals surface area contributed by atoms with Gasteiger partial charge in [0.2, 0.25) is 0 Å². The van der Waals surface area contributed by atoms with Gasteiger partial charge in [-0.2, -0.15) is 0 Å². The third-order valence-electron chi connectivity index (χ3n) is 1.87. The quantitative estimate of drug-likeness (QED) is 0.408. The molecule has 0 aromatic carbocycles. The molecular formula is C10H15N3O2.